The highest BCUT2D eigenvalue weighted by molar-refractivity contribution is 5.43. The number of methoxy groups -OCH3 is 1. The fraction of sp³-hybridized carbons (Fsp3) is 0.400. The van der Waals surface area contributed by atoms with E-state index >= 15 is 0 Å². The monoisotopic (exact) mass is 311 g/mol. The van der Waals surface area contributed by atoms with E-state index in [0.717, 1.165) is 36.3 Å². The summed E-state index contributed by atoms with van der Waals surface area (Å²) in [7, 11) is 1.71. The average Bonchev–Trinajstić information content (AvgIpc) is 2.92. The van der Waals surface area contributed by atoms with Gasteiger partial charge in [0.2, 0.25) is 0 Å². The van der Waals surface area contributed by atoms with Crippen LogP contribution in [-0.2, 0) is 19.4 Å². The van der Waals surface area contributed by atoms with Crippen LogP contribution in [0.5, 0.6) is 5.75 Å². The summed E-state index contributed by atoms with van der Waals surface area (Å²) in [5, 5.41) is 13.6. The Labute approximate surface area is 138 Å². The number of aliphatic hydroxyl groups is 1. The van der Waals surface area contributed by atoms with E-state index < -0.39 is 0 Å². The van der Waals surface area contributed by atoms with Gasteiger partial charge in [-0.1, -0.05) is 36.4 Å². The normalized spacial score (nSPS) is 15.5. The molecule has 0 atom stereocenters. The molecule has 2 N–H and O–H groups in total. The Balaban J connectivity index is 1.75. The Kier molecular flexibility index (Phi) is 4.42. The summed E-state index contributed by atoms with van der Waals surface area (Å²) >= 11 is 0. The van der Waals surface area contributed by atoms with Crippen molar-refractivity contribution in [3.63, 3.8) is 0 Å². The van der Waals surface area contributed by atoms with Gasteiger partial charge >= 0.3 is 0 Å². The van der Waals surface area contributed by atoms with Gasteiger partial charge in [0, 0.05) is 12.1 Å². The van der Waals surface area contributed by atoms with Crippen LogP contribution in [-0.4, -0.2) is 24.4 Å². The molecule has 2 aromatic carbocycles. The predicted molar refractivity (Wildman–Crippen MR) is 93.0 cm³/mol. The molecule has 3 rings (SSSR count). The number of rotatable bonds is 5. The highest BCUT2D eigenvalue weighted by atomic mass is 16.5. The number of ether oxygens (including phenoxy) is 1. The number of hydrogen-bond donors (Lipinski definition) is 2. The maximum Gasteiger partial charge on any atom is 0.124 e. The summed E-state index contributed by atoms with van der Waals surface area (Å²) in [6, 6.07) is 12.8. The second kappa shape index (κ2) is 6.34. The lowest BCUT2D eigenvalue weighted by Gasteiger charge is -2.28. The van der Waals surface area contributed by atoms with E-state index in [1.807, 2.05) is 0 Å². The molecule has 0 aromatic heterocycles. The quantitative estimate of drug-likeness (QED) is 0.892. The third-order valence-corrected chi connectivity index (χ3v) is 4.87. The Morgan fingerprint density at radius 2 is 1.65 bits per heavy atom. The van der Waals surface area contributed by atoms with E-state index in [2.05, 4.69) is 55.6 Å². The van der Waals surface area contributed by atoms with E-state index in [4.69, 9.17) is 4.74 Å². The Morgan fingerprint density at radius 3 is 2.13 bits per heavy atom. The number of aliphatic hydroxyl groups excluding tert-OH is 1. The molecule has 1 aliphatic rings. The standard InChI is InChI=1S/C20H25NO2/c1-14-8-16(9-15(2)19(14)23-3)12-21-20(13-22)10-17-6-4-5-7-18(17)11-20/h4-9,21-22H,10-13H2,1-3H3. The Hall–Kier alpha value is -1.84. The summed E-state index contributed by atoms with van der Waals surface area (Å²) in [5.41, 5.74) is 5.97. The fourth-order valence-corrected chi connectivity index (χ4v) is 3.74. The summed E-state index contributed by atoms with van der Waals surface area (Å²) in [6.45, 7) is 5.04. The minimum atomic E-state index is -0.245. The highest BCUT2D eigenvalue weighted by Gasteiger charge is 2.36. The average molecular weight is 311 g/mol. The Bertz CT molecular complexity index is 661. The van der Waals surface area contributed by atoms with Gasteiger partial charge in [0.1, 0.15) is 5.75 Å². The van der Waals surface area contributed by atoms with Crippen LogP contribution in [0.25, 0.3) is 0 Å². The minimum absolute atomic E-state index is 0.149. The maximum absolute atomic E-state index is 9.98. The highest BCUT2D eigenvalue weighted by Crippen LogP contribution is 2.30. The van der Waals surface area contributed by atoms with E-state index in [9.17, 15) is 5.11 Å². The zero-order valence-electron chi connectivity index (χ0n) is 14.1. The first-order valence-electron chi connectivity index (χ1n) is 8.14. The molecule has 0 aliphatic heterocycles. The van der Waals surface area contributed by atoms with Crippen molar-refractivity contribution in [3.05, 3.63) is 64.2 Å². The smallest absolute Gasteiger partial charge is 0.124 e. The lowest BCUT2D eigenvalue weighted by Crippen LogP contribution is -2.49. The number of benzene rings is 2. The first-order valence-corrected chi connectivity index (χ1v) is 8.14. The van der Waals surface area contributed by atoms with Crippen molar-refractivity contribution in [2.45, 2.75) is 38.8 Å². The molecule has 3 nitrogen and oxygen atoms in total. The fourth-order valence-electron chi connectivity index (χ4n) is 3.74. The van der Waals surface area contributed by atoms with Gasteiger partial charge < -0.3 is 15.2 Å². The molecule has 1 aliphatic carbocycles. The molecule has 0 spiro atoms. The molecule has 2 aromatic rings. The third-order valence-electron chi connectivity index (χ3n) is 4.87. The predicted octanol–water partition coefficient (Wildman–Crippen LogP) is 2.93. The number of nitrogens with one attached hydrogen (secondary N) is 1. The van der Waals surface area contributed by atoms with Gasteiger partial charge in [-0.3, -0.25) is 0 Å². The first-order chi connectivity index (χ1) is 11.1. The second-order valence-corrected chi connectivity index (χ2v) is 6.68. The van der Waals surface area contributed by atoms with Crippen LogP contribution in [0.3, 0.4) is 0 Å². The van der Waals surface area contributed by atoms with Crippen LogP contribution in [0.4, 0.5) is 0 Å². The molecule has 0 heterocycles. The van der Waals surface area contributed by atoms with E-state index in [-0.39, 0.29) is 12.1 Å². The lowest BCUT2D eigenvalue weighted by atomic mass is 9.96. The summed E-state index contributed by atoms with van der Waals surface area (Å²) < 4.78 is 5.43. The number of fused-ring (bicyclic) bond motifs is 1. The van der Waals surface area contributed by atoms with Crippen LogP contribution in [0.1, 0.15) is 27.8 Å². The largest absolute Gasteiger partial charge is 0.496 e. The molecule has 0 bridgehead atoms. The van der Waals surface area contributed by atoms with Crippen LogP contribution < -0.4 is 10.1 Å². The van der Waals surface area contributed by atoms with Gasteiger partial charge in [-0.25, -0.2) is 0 Å². The van der Waals surface area contributed by atoms with E-state index in [1.165, 1.54) is 16.7 Å². The van der Waals surface area contributed by atoms with Crippen LogP contribution in [0.2, 0.25) is 0 Å². The molecule has 0 unspecified atom stereocenters. The van der Waals surface area contributed by atoms with Gasteiger partial charge in [0.15, 0.2) is 0 Å². The molecule has 0 fully saturated rings. The molecule has 0 amide bonds. The van der Waals surface area contributed by atoms with Crippen molar-refractivity contribution in [2.24, 2.45) is 0 Å². The minimum Gasteiger partial charge on any atom is -0.496 e. The van der Waals surface area contributed by atoms with Crippen LogP contribution in [0, 0.1) is 13.8 Å². The molecular formula is C20H25NO2. The van der Waals surface area contributed by atoms with Gasteiger partial charge in [0.25, 0.3) is 0 Å². The Morgan fingerprint density at radius 1 is 1.09 bits per heavy atom. The van der Waals surface area contributed by atoms with Crippen molar-refractivity contribution < 1.29 is 9.84 Å². The zero-order valence-corrected chi connectivity index (χ0v) is 14.1. The molecule has 23 heavy (non-hydrogen) atoms. The maximum atomic E-state index is 9.98. The van der Waals surface area contributed by atoms with E-state index in [0.29, 0.717) is 0 Å². The molecule has 0 radical (unpaired) electrons. The summed E-state index contributed by atoms with van der Waals surface area (Å²) in [4.78, 5) is 0. The van der Waals surface area contributed by atoms with Crippen molar-refractivity contribution in [3.8, 4) is 5.75 Å². The van der Waals surface area contributed by atoms with Crippen LogP contribution >= 0.6 is 0 Å². The SMILES string of the molecule is COc1c(C)cc(CNC2(CO)Cc3ccccc3C2)cc1C. The van der Waals surface area contributed by atoms with Crippen molar-refractivity contribution in [1.82, 2.24) is 5.32 Å². The van der Waals surface area contributed by atoms with Gasteiger partial charge in [-0.15, -0.1) is 0 Å². The molecule has 0 saturated carbocycles. The zero-order chi connectivity index (χ0) is 16.4. The molecule has 0 saturated heterocycles. The number of hydrogen-bond acceptors (Lipinski definition) is 3. The van der Waals surface area contributed by atoms with Crippen molar-refractivity contribution in [2.75, 3.05) is 13.7 Å². The van der Waals surface area contributed by atoms with Crippen molar-refractivity contribution in [1.29, 1.82) is 0 Å². The second-order valence-electron chi connectivity index (χ2n) is 6.68. The lowest BCUT2D eigenvalue weighted by molar-refractivity contribution is 0.166. The summed E-state index contributed by atoms with van der Waals surface area (Å²) in [6.07, 6.45) is 1.77. The topological polar surface area (TPSA) is 41.5 Å². The third kappa shape index (κ3) is 3.12. The first kappa shape index (κ1) is 16.0. The van der Waals surface area contributed by atoms with Crippen molar-refractivity contribution >= 4 is 0 Å². The molecule has 122 valence electrons. The van der Waals surface area contributed by atoms with Gasteiger partial charge in [-0.05, 0) is 54.5 Å². The number of aryl methyl sites for hydroxylation is 2. The summed E-state index contributed by atoms with van der Waals surface area (Å²) in [5.74, 6) is 0.957. The molecular weight excluding hydrogens is 286 g/mol. The molecule has 3 heteroatoms. The van der Waals surface area contributed by atoms with Crippen LogP contribution in [0.15, 0.2) is 36.4 Å². The van der Waals surface area contributed by atoms with E-state index in [1.54, 1.807) is 7.11 Å². The van der Waals surface area contributed by atoms with Gasteiger partial charge in [0.05, 0.1) is 13.7 Å². The van der Waals surface area contributed by atoms with Gasteiger partial charge in [-0.2, -0.15) is 0 Å².